The molecule has 8 N–H and O–H groups in total. The van der Waals surface area contributed by atoms with Crippen LogP contribution in [0.3, 0.4) is 0 Å². The van der Waals surface area contributed by atoms with Crippen LogP contribution in [0.1, 0.15) is 33.1 Å². The quantitative estimate of drug-likeness (QED) is 0.184. The van der Waals surface area contributed by atoms with Gasteiger partial charge in [0.05, 0.1) is 19.0 Å². The van der Waals surface area contributed by atoms with E-state index in [4.69, 9.17) is 16.6 Å². The van der Waals surface area contributed by atoms with E-state index in [-0.39, 0.29) is 18.8 Å². The highest BCUT2D eigenvalue weighted by Gasteiger charge is 2.29. The Balaban J connectivity index is 4.85. The van der Waals surface area contributed by atoms with Gasteiger partial charge in [0.15, 0.2) is 0 Å². The van der Waals surface area contributed by atoms with Crippen molar-refractivity contribution in [2.75, 3.05) is 18.6 Å². The van der Waals surface area contributed by atoms with Crippen LogP contribution in [0.5, 0.6) is 0 Å². The number of primary amides is 1. The highest BCUT2D eigenvalue weighted by atomic mass is 32.2. The standard InChI is InChI=1S/C17H31N5O6S/c1-4-9(2)14(22-15(25)10(18)7-12(19)23)16(26)20-8-13(24)21-11(17(27)28)5-6-29-3/h9-11,14H,4-8,18H2,1-3H3,(H2,19,23)(H,20,26)(H,21,24)(H,22,25)(H,27,28). The zero-order valence-corrected chi connectivity index (χ0v) is 17.7. The molecule has 0 rings (SSSR count). The average Bonchev–Trinajstić information content (AvgIpc) is 2.65. The topological polar surface area (TPSA) is 194 Å². The minimum Gasteiger partial charge on any atom is -0.480 e. The van der Waals surface area contributed by atoms with Gasteiger partial charge in [0.1, 0.15) is 12.1 Å². The van der Waals surface area contributed by atoms with Gasteiger partial charge in [0.2, 0.25) is 23.6 Å². The maximum absolute atomic E-state index is 12.5. The first-order chi connectivity index (χ1) is 13.5. The third-order valence-corrected chi connectivity index (χ3v) is 4.86. The second kappa shape index (κ2) is 13.8. The van der Waals surface area contributed by atoms with Crippen LogP contribution < -0.4 is 27.4 Å². The SMILES string of the molecule is CCC(C)C(NC(=O)C(N)CC(N)=O)C(=O)NCC(=O)NC(CCSC)C(=O)O. The molecule has 0 aromatic rings. The van der Waals surface area contributed by atoms with Crippen LogP contribution in [-0.2, 0) is 24.0 Å². The number of thioether (sulfide) groups is 1. The Bertz CT molecular complexity index is 603. The van der Waals surface area contributed by atoms with E-state index in [1.807, 2.05) is 13.2 Å². The van der Waals surface area contributed by atoms with Gasteiger partial charge in [-0.1, -0.05) is 20.3 Å². The van der Waals surface area contributed by atoms with Gasteiger partial charge < -0.3 is 32.5 Å². The summed E-state index contributed by atoms with van der Waals surface area (Å²) in [5.74, 6) is -3.63. The molecule has 12 heteroatoms. The molecule has 0 aliphatic carbocycles. The van der Waals surface area contributed by atoms with Crippen molar-refractivity contribution >= 4 is 41.4 Å². The highest BCUT2D eigenvalue weighted by Crippen LogP contribution is 2.08. The van der Waals surface area contributed by atoms with Gasteiger partial charge in [-0.3, -0.25) is 19.2 Å². The lowest BCUT2D eigenvalue weighted by atomic mass is 9.97. The molecule has 0 saturated carbocycles. The Hall–Kier alpha value is -2.34. The Morgan fingerprint density at radius 2 is 1.72 bits per heavy atom. The summed E-state index contributed by atoms with van der Waals surface area (Å²) in [7, 11) is 0. The summed E-state index contributed by atoms with van der Waals surface area (Å²) >= 11 is 1.45. The van der Waals surface area contributed by atoms with Crippen LogP contribution >= 0.6 is 11.8 Å². The summed E-state index contributed by atoms with van der Waals surface area (Å²) in [6, 6.07) is -3.22. The van der Waals surface area contributed by atoms with E-state index < -0.39 is 54.3 Å². The summed E-state index contributed by atoms with van der Waals surface area (Å²) in [5, 5.41) is 16.3. The first-order valence-electron chi connectivity index (χ1n) is 9.16. The molecule has 11 nitrogen and oxygen atoms in total. The predicted octanol–water partition coefficient (Wildman–Crippen LogP) is -1.84. The fourth-order valence-corrected chi connectivity index (χ4v) is 2.76. The van der Waals surface area contributed by atoms with Crippen LogP contribution in [0.25, 0.3) is 0 Å². The van der Waals surface area contributed by atoms with E-state index in [1.165, 1.54) is 11.8 Å². The van der Waals surface area contributed by atoms with Crippen molar-refractivity contribution in [3.05, 3.63) is 0 Å². The normalized spacial score (nSPS) is 14.8. The number of rotatable bonds is 14. The fourth-order valence-electron chi connectivity index (χ4n) is 2.29. The molecule has 4 atom stereocenters. The average molecular weight is 434 g/mol. The third kappa shape index (κ3) is 10.7. The lowest BCUT2D eigenvalue weighted by Gasteiger charge is -2.25. The van der Waals surface area contributed by atoms with Crippen LogP contribution in [-0.4, -0.2) is 71.4 Å². The molecule has 0 fully saturated rings. The lowest BCUT2D eigenvalue weighted by Crippen LogP contribution is -2.56. The van der Waals surface area contributed by atoms with Crippen molar-refractivity contribution in [3.8, 4) is 0 Å². The molecule has 29 heavy (non-hydrogen) atoms. The van der Waals surface area contributed by atoms with Crippen molar-refractivity contribution in [2.24, 2.45) is 17.4 Å². The molecular formula is C17H31N5O6S. The second-order valence-corrected chi connectivity index (χ2v) is 7.59. The van der Waals surface area contributed by atoms with Gasteiger partial charge in [-0.05, 0) is 24.3 Å². The molecular weight excluding hydrogens is 402 g/mol. The largest absolute Gasteiger partial charge is 0.480 e. The Morgan fingerprint density at radius 3 is 2.21 bits per heavy atom. The van der Waals surface area contributed by atoms with Crippen LogP contribution in [0.4, 0.5) is 0 Å². The molecule has 0 saturated heterocycles. The number of nitrogens with two attached hydrogens (primary N) is 2. The number of carboxylic acids is 1. The van der Waals surface area contributed by atoms with Gasteiger partial charge >= 0.3 is 5.97 Å². The minimum atomic E-state index is -1.19. The number of amides is 4. The molecule has 0 aliphatic rings. The first-order valence-corrected chi connectivity index (χ1v) is 10.6. The Morgan fingerprint density at radius 1 is 1.10 bits per heavy atom. The van der Waals surface area contributed by atoms with E-state index >= 15 is 0 Å². The van der Waals surface area contributed by atoms with Gasteiger partial charge in [-0.2, -0.15) is 11.8 Å². The fraction of sp³-hybridized carbons (Fsp3) is 0.706. The van der Waals surface area contributed by atoms with Crippen molar-refractivity contribution < 1.29 is 29.1 Å². The zero-order chi connectivity index (χ0) is 22.6. The smallest absolute Gasteiger partial charge is 0.326 e. The van der Waals surface area contributed by atoms with Crippen molar-refractivity contribution in [1.29, 1.82) is 0 Å². The molecule has 0 aliphatic heterocycles. The van der Waals surface area contributed by atoms with Crippen LogP contribution in [0.2, 0.25) is 0 Å². The lowest BCUT2D eigenvalue weighted by molar-refractivity contribution is -0.141. The van der Waals surface area contributed by atoms with E-state index in [1.54, 1.807) is 6.92 Å². The summed E-state index contributed by atoms with van der Waals surface area (Å²) in [4.78, 5) is 58.6. The summed E-state index contributed by atoms with van der Waals surface area (Å²) in [6.07, 6.45) is 2.25. The van der Waals surface area contributed by atoms with Gasteiger partial charge in [-0.15, -0.1) is 0 Å². The van der Waals surface area contributed by atoms with Crippen LogP contribution in [0.15, 0.2) is 0 Å². The molecule has 4 unspecified atom stereocenters. The summed E-state index contributed by atoms with van der Waals surface area (Å²) in [5.41, 5.74) is 10.6. The maximum Gasteiger partial charge on any atom is 0.326 e. The van der Waals surface area contributed by atoms with E-state index in [0.717, 1.165) is 0 Å². The monoisotopic (exact) mass is 433 g/mol. The number of carbonyl (C=O) groups is 5. The highest BCUT2D eigenvalue weighted by molar-refractivity contribution is 7.98. The molecule has 4 amide bonds. The van der Waals surface area contributed by atoms with Crippen molar-refractivity contribution in [2.45, 2.75) is 51.2 Å². The minimum absolute atomic E-state index is 0.249. The van der Waals surface area contributed by atoms with E-state index in [2.05, 4.69) is 16.0 Å². The molecule has 0 spiro atoms. The summed E-state index contributed by atoms with van der Waals surface area (Å²) < 4.78 is 0. The molecule has 0 aromatic carbocycles. The van der Waals surface area contributed by atoms with Crippen molar-refractivity contribution in [3.63, 3.8) is 0 Å². The second-order valence-electron chi connectivity index (χ2n) is 6.61. The number of carboxylic acid groups (broad SMARTS) is 1. The van der Waals surface area contributed by atoms with E-state index in [0.29, 0.717) is 12.2 Å². The Labute approximate surface area is 174 Å². The molecule has 0 heterocycles. The number of nitrogens with one attached hydrogen (secondary N) is 3. The number of hydrogen-bond acceptors (Lipinski definition) is 7. The van der Waals surface area contributed by atoms with Gasteiger partial charge in [0, 0.05) is 0 Å². The van der Waals surface area contributed by atoms with E-state index in [9.17, 15) is 24.0 Å². The summed E-state index contributed by atoms with van der Waals surface area (Å²) in [6.45, 7) is 3.10. The van der Waals surface area contributed by atoms with Gasteiger partial charge in [-0.25, -0.2) is 4.79 Å². The molecule has 0 radical (unpaired) electrons. The number of hydrogen-bond donors (Lipinski definition) is 6. The predicted molar refractivity (Wildman–Crippen MR) is 109 cm³/mol. The van der Waals surface area contributed by atoms with Crippen LogP contribution in [0, 0.1) is 5.92 Å². The molecule has 0 bridgehead atoms. The first kappa shape index (κ1) is 26.7. The van der Waals surface area contributed by atoms with Crippen molar-refractivity contribution in [1.82, 2.24) is 16.0 Å². The molecule has 0 aromatic heterocycles. The Kier molecular flexibility index (Phi) is 12.7. The third-order valence-electron chi connectivity index (χ3n) is 4.22. The molecule has 166 valence electrons. The maximum atomic E-state index is 12.5. The zero-order valence-electron chi connectivity index (χ0n) is 16.9. The number of aliphatic carboxylic acids is 1. The van der Waals surface area contributed by atoms with Gasteiger partial charge in [0.25, 0.3) is 0 Å². The number of carbonyl (C=O) groups excluding carboxylic acids is 4.